The zero-order valence-electron chi connectivity index (χ0n) is 12.8. The number of hydrogen-bond donors (Lipinski definition) is 0. The van der Waals surface area contributed by atoms with E-state index in [0.717, 1.165) is 5.57 Å². The topological polar surface area (TPSA) is 46.6 Å². The summed E-state index contributed by atoms with van der Waals surface area (Å²) in [6.45, 7) is 6.46. The minimum atomic E-state index is -0.499. The van der Waals surface area contributed by atoms with Crippen molar-refractivity contribution in [3.8, 4) is 0 Å². The molecule has 2 rings (SSSR count). The van der Waals surface area contributed by atoms with Gasteiger partial charge in [0.1, 0.15) is 5.60 Å². The van der Waals surface area contributed by atoms with Gasteiger partial charge in [0.2, 0.25) is 0 Å². The summed E-state index contributed by atoms with van der Waals surface area (Å²) >= 11 is 0. The Bertz CT molecular complexity index is 555. The van der Waals surface area contributed by atoms with Crippen LogP contribution >= 0.6 is 0 Å². The van der Waals surface area contributed by atoms with Crippen molar-refractivity contribution in [3.05, 3.63) is 47.5 Å². The molecule has 21 heavy (non-hydrogen) atoms. The van der Waals surface area contributed by atoms with E-state index in [1.807, 2.05) is 57.2 Å². The van der Waals surface area contributed by atoms with Crippen molar-refractivity contribution >= 4 is 11.9 Å². The van der Waals surface area contributed by atoms with Crippen LogP contribution in [0.4, 0.5) is 4.79 Å². The van der Waals surface area contributed by atoms with Crippen LogP contribution in [0.2, 0.25) is 0 Å². The van der Waals surface area contributed by atoms with Crippen LogP contribution in [-0.4, -0.2) is 35.5 Å². The van der Waals surface area contributed by atoms with Crippen molar-refractivity contribution in [3.63, 3.8) is 0 Å². The number of hydrogen-bond acceptors (Lipinski definition) is 3. The normalized spacial score (nSPS) is 15.4. The van der Waals surface area contributed by atoms with Gasteiger partial charge in [-0.05, 0) is 32.8 Å². The molecule has 0 bridgehead atoms. The lowest BCUT2D eigenvalue weighted by Crippen LogP contribution is -2.39. The molecule has 1 amide bonds. The lowest BCUT2D eigenvalue weighted by atomic mass is 9.98. The number of benzene rings is 1. The highest BCUT2D eigenvalue weighted by Crippen LogP contribution is 2.18. The first kappa shape index (κ1) is 15.3. The molecule has 0 fully saturated rings. The van der Waals surface area contributed by atoms with Crippen LogP contribution in [-0.2, 0) is 4.74 Å². The quantitative estimate of drug-likeness (QED) is 0.783. The highest BCUT2D eigenvalue weighted by Gasteiger charge is 2.25. The second-order valence-corrected chi connectivity index (χ2v) is 6.10. The molecule has 4 heteroatoms. The van der Waals surface area contributed by atoms with Gasteiger partial charge < -0.3 is 9.64 Å². The molecule has 1 aromatic rings. The standard InChI is InChI=1S/C17H21NO3/c1-17(2,3)21-16(20)18-11-9-14(10-12-18)15(19)13-7-5-4-6-8-13/h4-9H,10-12H2,1-3H3. The molecule has 1 aliphatic heterocycles. The lowest BCUT2D eigenvalue weighted by molar-refractivity contribution is 0.0264. The van der Waals surface area contributed by atoms with Gasteiger partial charge in [-0.1, -0.05) is 36.4 Å². The molecule has 0 radical (unpaired) electrons. The van der Waals surface area contributed by atoms with Crippen LogP contribution in [0, 0.1) is 0 Å². The third-order valence-corrected chi connectivity index (χ3v) is 3.19. The van der Waals surface area contributed by atoms with Gasteiger partial charge in [-0.25, -0.2) is 4.79 Å². The predicted molar refractivity (Wildman–Crippen MR) is 81.3 cm³/mol. The van der Waals surface area contributed by atoms with E-state index in [4.69, 9.17) is 4.74 Å². The fourth-order valence-electron chi connectivity index (χ4n) is 2.14. The Labute approximate surface area is 125 Å². The summed E-state index contributed by atoms with van der Waals surface area (Å²) in [6, 6.07) is 9.20. The summed E-state index contributed by atoms with van der Waals surface area (Å²) in [5.74, 6) is 0.0411. The Morgan fingerprint density at radius 3 is 2.33 bits per heavy atom. The fraction of sp³-hybridized carbons (Fsp3) is 0.412. The molecule has 1 aromatic carbocycles. The van der Waals surface area contributed by atoms with Crippen molar-refractivity contribution in [2.24, 2.45) is 0 Å². The van der Waals surface area contributed by atoms with Crippen LogP contribution in [0.3, 0.4) is 0 Å². The van der Waals surface area contributed by atoms with E-state index < -0.39 is 5.60 Å². The predicted octanol–water partition coefficient (Wildman–Crippen LogP) is 3.44. The summed E-state index contributed by atoms with van der Waals surface area (Å²) in [5.41, 5.74) is 0.955. The van der Waals surface area contributed by atoms with Crippen molar-refractivity contribution in [2.75, 3.05) is 13.1 Å². The van der Waals surface area contributed by atoms with Gasteiger partial charge in [-0.3, -0.25) is 4.79 Å². The van der Waals surface area contributed by atoms with Crippen molar-refractivity contribution in [2.45, 2.75) is 32.8 Å². The highest BCUT2D eigenvalue weighted by atomic mass is 16.6. The largest absolute Gasteiger partial charge is 0.444 e. The molecule has 1 heterocycles. The Kier molecular flexibility index (Phi) is 4.46. The van der Waals surface area contributed by atoms with Crippen molar-refractivity contribution in [1.29, 1.82) is 0 Å². The van der Waals surface area contributed by atoms with E-state index in [9.17, 15) is 9.59 Å². The Morgan fingerprint density at radius 1 is 1.14 bits per heavy atom. The molecule has 0 aliphatic carbocycles. The van der Waals surface area contributed by atoms with Crippen LogP contribution in [0.1, 0.15) is 37.6 Å². The summed E-state index contributed by atoms with van der Waals surface area (Å²) in [4.78, 5) is 25.9. The first-order valence-electron chi connectivity index (χ1n) is 7.13. The smallest absolute Gasteiger partial charge is 0.410 e. The summed E-state index contributed by atoms with van der Waals surface area (Å²) < 4.78 is 5.33. The molecule has 0 unspecified atom stereocenters. The molecule has 0 atom stereocenters. The number of nitrogens with zero attached hydrogens (tertiary/aromatic N) is 1. The highest BCUT2D eigenvalue weighted by molar-refractivity contribution is 6.08. The maximum absolute atomic E-state index is 12.3. The van der Waals surface area contributed by atoms with Gasteiger partial charge in [-0.15, -0.1) is 0 Å². The number of amides is 1. The molecule has 0 aromatic heterocycles. The second-order valence-electron chi connectivity index (χ2n) is 6.10. The van der Waals surface area contributed by atoms with Crippen LogP contribution < -0.4 is 0 Å². The number of rotatable bonds is 2. The number of carbonyl (C=O) groups is 2. The Morgan fingerprint density at radius 2 is 1.81 bits per heavy atom. The number of Topliss-reactive ketones (excluding diaryl/α,β-unsaturated/α-hetero) is 1. The van der Waals surface area contributed by atoms with E-state index in [1.165, 1.54) is 0 Å². The van der Waals surface area contributed by atoms with E-state index in [1.54, 1.807) is 4.90 Å². The zero-order chi connectivity index (χ0) is 15.5. The maximum Gasteiger partial charge on any atom is 0.410 e. The van der Waals surface area contributed by atoms with Gasteiger partial charge in [0.25, 0.3) is 0 Å². The minimum absolute atomic E-state index is 0.0411. The van der Waals surface area contributed by atoms with Crippen LogP contribution in [0.5, 0.6) is 0 Å². The SMILES string of the molecule is CC(C)(C)OC(=O)N1CC=C(C(=O)c2ccccc2)CC1. The van der Waals surface area contributed by atoms with Gasteiger partial charge in [-0.2, -0.15) is 0 Å². The van der Waals surface area contributed by atoms with E-state index >= 15 is 0 Å². The molecule has 4 nitrogen and oxygen atoms in total. The van der Waals surface area contributed by atoms with Gasteiger partial charge in [0, 0.05) is 18.7 Å². The molecule has 0 spiro atoms. The van der Waals surface area contributed by atoms with Crippen LogP contribution in [0.15, 0.2) is 42.0 Å². The molecular weight excluding hydrogens is 266 g/mol. The van der Waals surface area contributed by atoms with Crippen LogP contribution in [0.25, 0.3) is 0 Å². The Hall–Kier alpha value is -2.10. The average Bonchev–Trinajstić information content (AvgIpc) is 2.46. The number of ether oxygens (including phenoxy) is 1. The van der Waals surface area contributed by atoms with Crippen molar-refractivity contribution < 1.29 is 14.3 Å². The molecule has 0 saturated carbocycles. The van der Waals surface area contributed by atoms with Gasteiger partial charge in [0.05, 0.1) is 0 Å². The van der Waals surface area contributed by atoms with Gasteiger partial charge >= 0.3 is 6.09 Å². The van der Waals surface area contributed by atoms with Gasteiger partial charge in [0.15, 0.2) is 5.78 Å². The summed E-state index contributed by atoms with van der Waals surface area (Å²) in [5, 5.41) is 0. The van der Waals surface area contributed by atoms with Crippen molar-refractivity contribution in [1.82, 2.24) is 4.90 Å². The fourth-order valence-corrected chi connectivity index (χ4v) is 2.14. The number of carbonyl (C=O) groups excluding carboxylic acids is 2. The third kappa shape index (κ3) is 4.18. The molecule has 0 saturated heterocycles. The first-order valence-corrected chi connectivity index (χ1v) is 7.13. The minimum Gasteiger partial charge on any atom is -0.444 e. The lowest BCUT2D eigenvalue weighted by Gasteiger charge is -2.29. The van der Waals surface area contributed by atoms with E-state index in [0.29, 0.717) is 25.1 Å². The average molecular weight is 287 g/mol. The monoisotopic (exact) mass is 287 g/mol. The van der Waals surface area contributed by atoms with E-state index in [2.05, 4.69) is 0 Å². The summed E-state index contributed by atoms with van der Waals surface area (Å²) in [7, 11) is 0. The number of ketones is 1. The molecule has 112 valence electrons. The van der Waals surface area contributed by atoms with E-state index in [-0.39, 0.29) is 11.9 Å². The maximum atomic E-state index is 12.3. The Balaban J connectivity index is 1.99. The molecule has 1 aliphatic rings. The first-order chi connectivity index (χ1) is 9.87. The molecule has 0 N–H and O–H groups in total. The third-order valence-electron chi connectivity index (χ3n) is 3.19. The second kappa shape index (κ2) is 6.12. The summed E-state index contributed by atoms with van der Waals surface area (Å²) in [6.07, 6.45) is 2.06. The molecular formula is C17H21NO3. The zero-order valence-corrected chi connectivity index (χ0v) is 12.8.